The molecule has 4 heteroatoms. The number of pyridine rings is 1. The van der Waals surface area contributed by atoms with Crippen molar-refractivity contribution in [2.45, 2.75) is 13.8 Å². The lowest BCUT2D eigenvalue weighted by Gasteiger charge is -2.03. The maximum atomic E-state index is 5.20. The summed E-state index contributed by atoms with van der Waals surface area (Å²) in [5.41, 5.74) is 1.90. The van der Waals surface area contributed by atoms with E-state index in [0.717, 1.165) is 22.8 Å². The molecule has 0 radical (unpaired) electrons. The second-order valence-electron chi connectivity index (χ2n) is 3.03. The van der Waals surface area contributed by atoms with E-state index in [1.165, 1.54) is 0 Å². The maximum absolute atomic E-state index is 5.20. The van der Waals surface area contributed by atoms with Gasteiger partial charge in [-0.25, -0.2) is 0 Å². The number of hydrogen-bond acceptors (Lipinski definition) is 3. The fourth-order valence-corrected chi connectivity index (χ4v) is 1.35. The van der Waals surface area contributed by atoms with Gasteiger partial charge in [0.25, 0.3) is 0 Å². The highest BCUT2D eigenvalue weighted by molar-refractivity contribution is 5.54. The summed E-state index contributed by atoms with van der Waals surface area (Å²) < 4.78 is 7.12. The average Bonchev–Trinajstić information content (AvgIpc) is 2.47. The first-order valence-electron chi connectivity index (χ1n) is 4.08. The summed E-state index contributed by atoms with van der Waals surface area (Å²) >= 11 is 0. The molecule has 2 aromatic rings. The van der Waals surface area contributed by atoms with Crippen molar-refractivity contribution in [2.24, 2.45) is 0 Å². The average molecular weight is 177 g/mol. The maximum Gasteiger partial charge on any atom is 0.203 e. The van der Waals surface area contributed by atoms with E-state index in [4.69, 9.17) is 4.74 Å². The molecule has 0 aliphatic heterocycles. The first kappa shape index (κ1) is 8.04. The van der Waals surface area contributed by atoms with Crippen molar-refractivity contribution in [1.29, 1.82) is 0 Å². The molecule has 0 spiro atoms. The van der Waals surface area contributed by atoms with Crippen LogP contribution in [0.15, 0.2) is 12.3 Å². The number of aromatic nitrogens is 3. The highest BCUT2D eigenvalue weighted by Gasteiger charge is 2.06. The van der Waals surface area contributed by atoms with Gasteiger partial charge in [0.1, 0.15) is 5.82 Å². The molecule has 0 saturated heterocycles. The Balaban J connectivity index is 2.84. The van der Waals surface area contributed by atoms with Crippen molar-refractivity contribution < 1.29 is 4.74 Å². The molecule has 13 heavy (non-hydrogen) atoms. The lowest BCUT2D eigenvalue weighted by Crippen LogP contribution is -1.93. The molecule has 2 aromatic heterocycles. The molecule has 2 heterocycles. The molecule has 68 valence electrons. The fourth-order valence-electron chi connectivity index (χ4n) is 1.35. The van der Waals surface area contributed by atoms with Crippen molar-refractivity contribution in [3.8, 4) is 5.75 Å². The van der Waals surface area contributed by atoms with Crippen LogP contribution in [-0.2, 0) is 0 Å². The normalized spacial score (nSPS) is 10.7. The third-order valence-electron chi connectivity index (χ3n) is 2.00. The van der Waals surface area contributed by atoms with Crippen LogP contribution in [0.25, 0.3) is 5.65 Å². The number of rotatable bonds is 1. The van der Waals surface area contributed by atoms with E-state index in [2.05, 4.69) is 10.2 Å². The predicted molar refractivity (Wildman–Crippen MR) is 49.0 cm³/mol. The van der Waals surface area contributed by atoms with Gasteiger partial charge in [0.05, 0.1) is 7.11 Å². The largest absolute Gasteiger partial charge is 0.493 e. The molecule has 0 saturated carbocycles. The van der Waals surface area contributed by atoms with E-state index in [9.17, 15) is 0 Å². The van der Waals surface area contributed by atoms with Crippen molar-refractivity contribution in [3.63, 3.8) is 0 Å². The van der Waals surface area contributed by atoms with Crippen molar-refractivity contribution in [2.75, 3.05) is 7.11 Å². The summed E-state index contributed by atoms with van der Waals surface area (Å²) in [7, 11) is 1.64. The second-order valence-corrected chi connectivity index (χ2v) is 3.03. The molecule has 0 amide bonds. The molecule has 0 N–H and O–H groups in total. The van der Waals surface area contributed by atoms with Gasteiger partial charge in [-0.3, -0.25) is 4.40 Å². The number of hydrogen-bond donors (Lipinski definition) is 0. The number of fused-ring (bicyclic) bond motifs is 1. The summed E-state index contributed by atoms with van der Waals surface area (Å²) in [5, 5.41) is 8.00. The summed E-state index contributed by atoms with van der Waals surface area (Å²) in [6, 6.07) is 1.95. The molecular formula is C9H11N3O. The van der Waals surface area contributed by atoms with E-state index in [1.807, 2.05) is 30.5 Å². The van der Waals surface area contributed by atoms with Gasteiger partial charge < -0.3 is 4.74 Å². The van der Waals surface area contributed by atoms with Crippen LogP contribution in [0, 0.1) is 13.8 Å². The number of ether oxygens (including phenoxy) is 1. The van der Waals surface area contributed by atoms with E-state index < -0.39 is 0 Å². The molecule has 0 unspecified atom stereocenters. The van der Waals surface area contributed by atoms with Gasteiger partial charge in [-0.15, -0.1) is 10.2 Å². The number of methoxy groups -OCH3 is 1. The Morgan fingerprint density at radius 3 is 2.77 bits per heavy atom. The Labute approximate surface area is 76.2 Å². The lowest BCUT2D eigenvalue weighted by atomic mass is 10.3. The summed E-state index contributed by atoms with van der Waals surface area (Å²) in [6.07, 6.45) is 1.99. The predicted octanol–water partition coefficient (Wildman–Crippen LogP) is 1.35. The van der Waals surface area contributed by atoms with Gasteiger partial charge in [-0.1, -0.05) is 0 Å². The Morgan fingerprint density at radius 2 is 2.08 bits per heavy atom. The smallest absolute Gasteiger partial charge is 0.203 e. The van der Waals surface area contributed by atoms with Gasteiger partial charge in [0, 0.05) is 6.20 Å². The highest BCUT2D eigenvalue weighted by atomic mass is 16.5. The molecule has 4 nitrogen and oxygen atoms in total. The third kappa shape index (κ3) is 1.14. The molecule has 0 aliphatic rings. The summed E-state index contributed by atoms with van der Waals surface area (Å²) in [6.45, 7) is 3.93. The molecule has 0 aromatic carbocycles. The Morgan fingerprint density at radius 1 is 1.31 bits per heavy atom. The van der Waals surface area contributed by atoms with Gasteiger partial charge in [0.15, 0.2) is 5.75 Å². The number of nitrogens with zero attached hydrogens (tertiary/aromatic N) is 3. The zero-order valence-electron chi connectivity index (χ0n) is 7.90. The fraction of sp³-hybridized carbons (Fsp3) is 0.333. The number of aryl methyl sites for hydroxylation is 2. The third-order valence-corrected chi connectivity index (χ3v) is 2.00. The minimum absolute atomic E-state index is 0.764. The van der Waals surface area contributed by atoms with Crippen molar-refractivity contribution in [1.82, 2.24) is 14.6 Å². The van der Waals surface area contributed by atoms with Crippen LogP contribution in [-0.4, -0.2) is 21.7 Å². The van der Waals surface area contributed by atoms with E-state index in [1.54, 1.807) is 7.11 Å². The Kier molecular flexibility index (Phi) is 1.69. The molecule has 0 bridgehead atoms. The van der Waals surface area contributed by atoms with Crippen LogP contribution in [0.4, 0.5) is 0 Å². The van der Waals surface area contributed by atoms with Gasteiger partial charge >= 0.3 is 0 Å². The summed E-state index contributed by atoms with van der Waals surface area (Å²) in [5.74, 6) is 1.64. The topological polar surface area (TPSA) is 39.4 Å². The first-order valence-corrected chi connectivity index (χ1v) is 4.08. The van der Waals surface area contributed by atoms with Crippen molar-refractivity contribution >= 4 is 5.65 Å². The van der Waals surface area contributed by atoms with E-state index >= 15 is 0 Å². The van der Waals surface area contributed by atoms with Crippen LogP contribution < -0.4 is 4.74 Å². The van der Waals surface area contributed by atoms with Gasteiger partial charge in [-0.05, 0) is 25.5 Å². The SMILES string of the molecule is COc1cc(C)cn2c(C)nnc12. The van der Waals surface area contributed by atoms with Gasteiger partial charge in [-0.2, -0.15) is 0 Å². The monoisotopic (exact) mass is 177 g/mol. The minimum atomic E-state index is 0.764. The quantitative estimate of drug-likeness (QED) is 0.660. The van der Waals surface area contributed by atoms with Gasteiger partial charge in [0.2, 0.25) is 5.65 Å². The Hall–Kier alpha value is -1.58. The van der Waals surface area contributed by atoms with E-state index in [0.29, 0.717) is 0 Å². The van der Waals surface area contributed by atoms with Crippen molar-refractivity contribution in [3.05, 3.63) is 23.7 Å². The first-order chi connectivity index (χ1) is 6.22. The Bertz CT molecular complexity index is 447. The van der Waals surface area contributed by atoms with Crippen LogP contribution in [0.3, 0.4) is 0 Å². The zero-order valence-corrected chi connectivity index (χ0v) is 7.90. The molecule has 0 atom stereocenters. The molecule has 0 fully saturated rings. The van der Waals surface area contributed by atoms with Crippen LogP contribution in [0.2, 0.25) is 0 Å². The van der Waals surface area contributed by atoms with Crippen LogP contribution in [0.5, 0.6) is 5.75 Å². The van der Waals surface area contributed by atoms with Crippen LogP contribution in [0.1, 0.15) is 11.4 Å². The standard InChI is InChI=1S/C9H11N3O/c1-6-4-8(13-3)9-11-10-7(2)12(9)5-6/h4-5H,1-3H3. The van der Waals surface area contributed by atoms with E-state index in [-0.39, 0.29) is 0 Å². The lowest BCUT2D eigenvalue weighted by molar-refractivity contribution is 0.416. The minimum Gasteiger partial charge on any atom is -0.493 e. The molecule has 2 rings (SSSR count). The summed E-state index contributed by atoms with van der Waals surface area (Å²) in [4.78, 5) is 0. The molecular weight excluding hydrogens is 166 g/mol. The highest BCUT2D eigenvalue weighted by Crippen LogP contribution is 2.19. The second kappa shape index (κ2) is 2.73. The van der Waals surface area contributed by atoms with Crippen LogP contribution >= 0.6 is 0 Å². The molecule has 0 aliphatic carbocycles. The zero-order chi connectivity index (χ0) is 9.42.